The van der Waals surface area contributed by atoms with Crippen molar-refractivity contribution in [1.82, 2.24) is 9.97 Å². The summed E-state index contributed by atoms with van der Waals surface area (Å²) in [6.07, 6.45) is 0.186. The first-order valence-corrected chi connectivity index (χ1v) is 10.6. The number of hydrogen-bond donors (Lipinski definition) is 2. The highest BCUT2D eigenvalue weighted by Crippen LogP contribution is 2.35. The predicted octanol–water partition coefficient (Wildman–Crippen LogP) is 5.36. The number of nitrogen functional groups attached to an aromatic ring is 1. The largest absolute Gasteiger partial charge is 0.489 e. The molecule has 0 unspecified atom stereocenters. The summed E-state index contributed by atoms with van der Waals surface area (Å²) < 4.78 is 43.9. The van der Waals surface area contributed by atoms with Gasteiger partial charge in [0, 0.05) is 54.1 Å². The number of nitrogens with one attached hydrogen (secondary N) is 1. The summed E-state index contributed by atoms with van der Waals surface area (Å²) in [7, 11) is 0. The third kappa shape index (κ3) is 4.99. The highest BCUT2D eigenvalue weighted by molar-refractivity contribution is 6.35. The lowest BCUT2D eigenvalue weighted by molar-refractivity contribution is -0.180. The fourth-order valence-corrected chi connectivity index (χ4v) is 3.80. The first-order valence-electron chi connectivity index (χ1n) is 9.80. The molecule has 2 aromatic heterocycles. The van der Waals surface area contributed by atoms with Crippen LogP contribution in [0.5, 0.6) is 5.75 Å². The smallest absolute Gasteiger partial charge is 0.395 e. The van der Waals surface area contributed by atoms with Crippen LogP contribution in [0.4, 0.5) is 24.7 Å². The van der Waals surface area contributed by atoms with E-state index in [0.717, 1.165) is 0 Å². The number of halogens is 5. The standard InChI is InChI=1S/C22H18Cl2F3N5O/c23-17-7-30-8-18(24)16(17)11-33-14-2-3-19(28)15(5-14)21(29)12-1-4-20(31-6-12)32-9-13(10-32)22(25,26)27/h1-8,13,29H,9-11,28H2. The van der Waals surface area contributed by atoms with Crippen LogP contribution in [0.2, 0.25) is 10.0 Å². The monoisotopic (exact) mass is 495 g/mol. The summed E-state index contributed by atoms with van der Waals surface area (Å²) in [5.74, 6) is -0.448. The average Bonchev–Trinajstić information content (AvgIpc) is 2.72. The maximum Gasteiger partial charge on any atom is 0.395 e. The number of alkyl halides is 3. The van der Waals surface area contributed by atoms with Crippen LogP contribution in [0.25, 0.3) is 0 Å². The fraction of sp³-hybridized carbons (Fsp3) is 0.227. The number of rotatable bonds is 6. The Labute approximate surface area is 197 Å². The Morgan fingerprint density at radius 2 is 1.82 bits per heavy atom. The molecule has 1 fully saturated rings. The predicted molar refractivity (Wildman–Crippen MR) is 121 cm³/mol. The van der Waals surface area contributed by atoms with Gasteiger partial charge in [-0.2, -0.15) is 13.2 Å². The molecule has 3 aromatic rings. The Morgan fingerprint density at radius 3 is 2.42 bits per heavy atom. The number of nitrogens with two attached hydrogens (primary N) is 1. The van der Waals surface area contributed by atoms with Gasteiger partial charge in [-0.05, 0) is 30.3 Å². The second-order valence-electron chi connectivity index (χ2n) is 7.54. The van der Waals surface area contributed by atoms with Gasteiger partial charge in [0.15, 0.2) is 0 Å². The van der Waals surface area contributed by atoms with Crippen molar-refractivity contribution in [2.75, 3.05) is 23.7 Å². The molecule has 1 saturated heterocycles. The summed E-state index contributed by atoms with van der Waals surface area (Å²) in [6, 6.07) is 8.14. The zero-order valence-electron chi connectivity index (χ0n) is 17.0. The fourth-order valence-electron chi connectivity index (χ4n) is 3.32. The highest BCUT2D eigenvalue weighted by Gasteiger charge is 2.47. The van der Waals surface area contributed by atoms with E-state index in [9.17, 15) is 13.2 Å². The number of aromatic nitrogens is 2. The minimum absolute atomic E-state index is 0.0991. The lowest BCUT2D eigenvalue weighted by Crippen LogP contribution is -2.53. The lowest BCUT2D eigenvalue weighted by Gasteiger charge is -2.40. The number of ether oxygens (including phenoxy) is 1. The molecule has 33 heavy (non-hydrogen) atoms. The first-order chi connectivity index (χ1) is 15.6. The molecule has 6 nitrogen and oxygen atoms in total. The van der Waals surface area contributed by atoms with Crippen LogP contribution in [0.3, 0.4) is 0 Å². The van der Waals surface area contributed by atoms with Crippen molar-refractivity contribution in [2.45, 2.75) is 12.8 Å². The van der Waals surface area contributed by atoms with Crippen molar-refractivity contribution in [2.24, 2.45) is 5.92 Å². The number of nitrogens with zero attached hydrogens (tertiary/aromatic N) is 3. The molecule has 1 aliphatic rings. The second-order valence-corrected chi connectivity index (χ2v) is 8.36. The Balaban J connectivity index is 1.46. The van der Waals surface area contributed by atoms with Crippen LogP contribution < -0.4 is 15.4 Å². The van der Waals surface area contributed by atoms with Gasteiger partial charge in [0.25, 0.3) is 0 Å². The van der Waals surface area contributed by atoms with Crippen LogP contribution in [0, 0.1) is 11.3 Å². The molecule has 0 aliphatic carbocycles. The van der Waals surface area contributed by atoms with Gasteiger partial charge in [-0.15, -0.1) is 0 Å². The molecular weight excluding hydrogens is 478 g/mol. The van der Waals surface area contributed by atoms with Gasteiger partial charge in [-0.3, -0.25) is 10.4 Å². The Hall–Kier alpha value is -3.04. The Bertz CT molecular complexity index is 1160. The molecule has 0 bridgehead atoms. The first kappa shape index (κ1) is 23.1. The zero-order valence-corrected chi connectivity index (χ0v) is 18.5. The molecule has 11 heteroatoms. The van der Waals surface area contributed by atoms with Gasteiger partial charge in [-0.25, -0.2) is 4.98 Å². The second kappa shape index (κ2) is 9.07. The highest BCUT2D eigenvalue weighted by atomic mass is 35.5. The molecule has 0 amide bonds. The maximum absolute atomic E-state index is 12.7. The normalized spacial score (nSPS) is 14.2. The van der Waals surface area contributed by atoms with E-state index in [1.54, 1.807) is 35.2 Å². The topological polar surface area (TPSA) is 88.1 Å². The minimum atomic E-state index is -4.20. The number of anilines is 2. The van der Waals surface area contributed by atoms with Gasteiger partial charge in [0.05, 0.1) is 21.7 Å². The van der Waals surface area contributed by atoms with Gasteiger partial charge in [-0.1, -0.05) is 23.2 Å². The lowest BCUT2D eigenvalue weighted by atomic mass is 9.99. The molecule has 1 aromatic carbocycles. The van der Waals surface area contributed by atoms with E-state index in [4.69, 9.17) is 39.1 Å². The van der Waals surface area contributed by atoms with Gasteiger partial charge < -0.3 is 15.4 Å². The van der Waals surface area contributed by atoms with E-state index in [-0.39, 0.29) is 25.4 Å². The quantitative estimate of drug-likeness (QED) is 0.355. The third-order valence-corrected chi connectivity index (χ3v) is 5.99. The Kier molecular flexibility index (Phi) is 6.36. The van der Waals surface area contributed by atoms with Crippen LogP contribution in [0.1, 0.15) is 16.7 Å². The van der Waals surface area contributed by atoms with E-state index in [2.05, 4.69) is 9.97 Å². The van der Waals surface area contributed by atoms with Crippen LogP contribution in [0.15, 0.2) is 48.9 Å². The molecular formula is C22H18Cl2F3N5O. The summed E-state index contributed by atoms with van der Waals surface area (Å²) >= 11 is 12.2. The number of hydrogen-bond acceptors (Lipinski definition) is 6. The summed E-state index contributed by atoms with van der Waals surface area (Å²) in [5.41, 5.74) is 8.02. The van der Waals surface area contributed by atoms with Gasteiger partial charge >= 0.3 is 6.18 Å². The summed E-state index contributed by atoms with van der Waals surface area (Å²) in [4.78, 5) is 9.67. The van der Waals surface area contributed by atoms with E-state index in [0.29, 0.717) is 44.0 Å². The van der Waals surface area contributed by atoms with E-state index in [1.807, 2.05) is 0 Å². The number of pyridine rings is 2. The molecule has 1 aliphatic heterocycles. The van der Waals surface area contributed by atoms with Crippen LogP contribution in [-0.4, -0.2) is 34.9 Å². The third-order valence-electron chi connectivity index (χ3n) is 5.33. The van der Waals surface area contributed by atoms with E-state index < -0.39 is 12.1 Å². The van der Waals surface area contributed by atoms with Crippen molar-refractivity contribution >= 4 is 40.4 Å². The van der Waals surface area contributed by atoms with Crippen molar-refractivity contribution in [3.05, 3.63) is 75.7 Å². The van der Waals surface area contributed by atoms with Crippen LogP contribution in [-0.2, 0) is 6.61 Å². The molecule has 3 heterocycles. The van der Waals surface area contributed by atoms with Crippen LogP contribution >= 0.6 is 23.2 Å². The molecule has 172 valence electrons. The molecule has 0 atom stereocenters. The minimum Gasteiger partial charge on any atom is -0.489 e. The molecule has 4 rings (SSSR count). The Morgan fingerprint density at radius 1 is 1.12 bits per heavy atom. The zero-order chi connectivity index (χ0) is 23.8. The van der Waals surface area contributed by atoms with Crippen molar-refractivity contribution in [3.8, 4) is 5.75 Å². The van der Waals surface area contributed by atoms with Crippen molar-refractivity contribution in [1.29, 1.82) is 5.41 Å². The van der Waals surface area contributed by atoms with E-state index >= 15 is 0 Å². The molecule has 0 saturated carbocycles. The summed E-state index contributed by atoms with van der Waals surface area (Å²) in [5, 5.41) is 9.29. The molecule has 0 spiro atoms. The van der Waals surface area contributed by atoms with Crippen molar-refractivity contribution < 1.29 is 17.9 Å². The van der Waals surface area contributed by atoms with E-state index in [1.165, 1.54) is 18.6 Å². The maximum atomic E-state index is 12.7. The molecule has 3 N–H and O–H groups in total. The number of benzene rings is 1. The van der Waals surface area contributed by atoms with Crippen molar-refractivity contribution in [3.63, 3.8) is 0 Å². The SMILES string of the molecule is N=C(c1ccc(N2CC(C(F)(F)F)C2)nc1)c1cc(OCc2c(Cl)cncc2Cl)ccc1N. The summed E-state index contributed by atoms with van der Waals surface area (Å²) in [6.45, 7) is -0.141. The molecule has 0 radical (unpaired) electrons. The van der Waals surface area contributed by atoms with Gasteiger partial charge in [0.2, 0.25) is 0 Å². The average molecular weight is 496 g/mol. The van der Waals surface area contributed by atoms with Gasteiger partial charge in [0.1, 0.15) is 18.2 Å².